The van der Waals surface area contributed by atoms with Crippen molar-refractivity contribution in [3.8, 4) is 0 Å². The van der Waals surface area contributed by atoms with Crippen LogP contribution in [0, 0.1) is 0 Å². The van der Waals surface area contributed by atoms with Gasteiger partial charge in [0.25, 0.3) is 0 Å². The lowest BCUT2D eigenvalue weighted by atomic mass is 10.4. The van der Waals surface area contributed by atoms with Gasteiger partial charge >= 0.3 is 0 Å². The molecule has 0 saturated carbocycles. The van der Waals surface area contributed by atoms with Crippen molar-refractivity contribution in [2.45, 2.75) is 18.7 Å². The van der Waals surface area contributed by atoms with Crippen LogP contribution >= 0.6 is 0 Å². The molecule has 0 aliphatic heterocycles. The topological polar surface area (TPSA) is 87.5 Å². The van der Waals surface area contributed by atoms with E-state index in [0.717, 1.165) is 0 Å². The molecule has 0 bridgehead atoms. The maximum Gasteiger partial charge on any atom is 0.244 e. The molecule has 0 unspecified atom stereocenters. The van der Waals surface area contributed by atoms with E-state index in [2.05, 4.69) is 20.5 Å². The number of nitrogens with one attached hydrogen (secondary N) is 1. The zero-order valence-corrected chi connectivity index (χ0v) is 13.9. The van der Waals surface area contributed by atoms with E-state index in [1.54, 1.807) is 32.3 Å². The quantitative estimate of drug-likeness (QED) is 0.618. The van der Waals surface area contributed by atoms with Crippen molar-refractivity contribution in [2.24, 2.45) is 5.10 Å². The lowest BCUT2D eigenvalue weighted by Crippen LogP contribution is -2.30. The predicted octanol–water partition coefficient (Wildman–Crippen LogP) is 1.95. The smallest absolute Gasteiger partial charge is 0.244 e. The molecule has 0 aliphatic carbocycles. The molecule has 0 saturated heterocycles. The predicted molar refractivity (Wildman–Crippen MR) is 89.8 cm³/mol. The molecule has 0 radical (unpaired) electrons. The summed E-state index contributed by atoms with van der Waals surface area (Å²) in [4.78, 5) is 8.34. The van der Waals surface area contributed by atoms with Crippen molar-refractivity contribution in [3.05, 3.63) is 48.4 Å². The van der Waals surface area contributed by atoms with Crippen molar-refractivity contribution in [2.75, 3.05) is 18.5 Å². The summed E-state index contributed by atoms with van der Waals surface area (Å²) in [6.07, 6.45) is 4.56. The molecule has 0 aromatic carbocycles. The first-order valence-electron chi connectivity index (χ1n) is 7.24. The average molecular weight is 333 g/mol. The minimum atomic E-state index is -3.49. The number of hydrogen-bond donors (Lipinski definition) is 1. The van der Waals surface area contributed by atoms with E-state index in [4.69, 9.17) is 0 Å². The van der Waals surface area contributed by atoms with Crippen LogP contribution in [0.4, 0.5) is 5.82 Å². The molecule has 23 heavy (non-hydrogen) atoms. The Bertz CT molecular complexity index is 741. The fourth-order valence-corrected chi connectivity index (χ4v) is 3.33. The van der Waals surface area contributed by atoms with Gasteiger partial charge in [0.1, 0.15) is 10.7 Å². The number of anilines is 1. The molecule has 8 heteroatoms. The Morgan fingerprint density at radius 3 is 2.52 bits per heavy atom. The lowest BCUT2D eigenvalue weighted by molar-refractivity contribution is 0.445. The molecule has 122 valence electrons. The minimum absolute atomic E-state index is 0.167. The van der Waals surface area contributed by atoms with E-state index in [1.807, 2.05) is 18.2 Å². The summed E-state index contributed by atoms with van der Waals surface area (Å²) in [5.74, 6) is 0.454. The van der Waals surface area contributed by atoms with Crippen LogP contribution in [0.5, 0.6) is 0 Å². The zero-order valence-electron chi connectivity index (χ0n) is 13.0. The van der Waals surface area contributed by atoms with Crippen LogP contribution in [0.25, 0.3) is 0 Å². The Kier molecular flexibility index (Phi) is 5.78. The molecule has 2 aromatic heterocycles. The van der Waals surface area contributed by atoms with E-state index in [1.165, 1.54) is 16.6 Å². The molecule has 2 aromatic rings. The lowest BCUT2D eigenvalue weighted by Gasteiger charge is -2.18. The van der Waals surface area contributed by atoms with Crippen molar-refractivity contribution in [1.82, 2.24) is 14.3 Å². The summed E-state index contributed by atoms with van der Waals surface area (Å²) < 4.78 is 26.1. The van der Waals surface area contributed by atoms with Crippen LogP contribution in [0.1, 0.15) is 19.5 Å². The van der Waals surface area contributed by atoms with E-state index >= 15 is 0 Å². The highest BCUT2D eigenvalue weighted by Crippen LogP contribution is 2.15. The van der Waals surface area contributed by atoms with E-state index in [0.29, 0.717) is 24.6 Å². The summed E-state index contributed by atoms with van der Waals surface area (Å²) in [6.45, 7) is 4.45. The van der Waals surface area contributed by atoms with Crippen LogP contribution in [0.2, 0.25) is 0 Å². The van der Waals surface area contributed by atoms with Crippen LogP contribution in [0.3, 0.4) is 0 Å². The first-order valence-corrected chi connectivity index (χ1v) is 8.68. The monoisotopic (exact) mass is 333 g/mol. The Morgan fingerprint density at radius 2 is 1.96 bits per heavy atom. The molecule has 2 rings (SSSR count). The third-order valence-electron chi connectivity index (χ3n) is 3.14. The molecule has 1 N–H and O–H groups in total. The molecule has 7 nitrogen and oxygen atoms in total. The Balaban J connectivity index is 2.06. The van der Waals surface area contributed by atoms with Gasteiger partial charge in [0.2, 0.25) is 10.0 Å². The molecule has 0 aliphatic rings. The number of hydrazone groups is 1. The molecule has 0 amide bonds. The maximum absolute atomic E-state index is 12.3. The summed E-state index contributed by atoms with van der Waals surface area (Å²) >= 11 is 0. The molecule has 0 fully saturated rings. The van der Waals surface area contributed by atoms with E-state index in [-0.39, 0.29) is 4.90 Å². The Hall–Kier alpha value is -2.32. The standard InChI is InChI=1S/C15H19N5O2S/c1-3-20(4-2)23(21,22)14-8-9-15(17-12-14)19-18-11-13-7-5-6-10-16-13/h5-12H,3-4H2,1-2H3,(H,17,19)/b18-11-. The highest BCUT2D eigenvalue weighted by molar-refractivity contribution is 7.89. The van der Waals surface area contributed by atoms with Gasteiger partial charge in [0.15, 0.2) is 0 Å². The second-order valence-electron chi connectivity index (χ2n) is 4.59. The number of rotatable bonds is 7. The molecular formula is C15H19N5O2S. The number of hydrogen-bond acceptors (Lipinski definition) is 6. The molecule has 0 spiro atoms. The van der Waals surface area contributed by atoms with Gasteiger partial charge in [-0.25, -0.2) is 13.4 Å². The molecular weight excluding hydrogens is 314 g/mol. The van der Waals surface area contributed by atoms with Gasteiger partial charge in [-0.05, 0) is 24.3 Å². The van der Waals surface area contributed by atoms with Gasteiger partial charge in [0.05, 0.1) is 11.9 Å². The van der Waals surface area contributed by atoms with Gasteiger partial charge in [-0.2, -0.15) is 9.41 Å². The minimum Gasteiger partial charge on any atom is -0.261 e. The zero-order chi connectivity index (χ0) is 16.7. The number of nitrogens with zero attached hydrogens (tertiary/aromatic N) is 4. The van der Waals surface area contributed by atoms with Crippen molar-refractivity contribution in [3.63, 3.8) is 0 Å². The molecule has 0 atom stereocenters. The third kappa shape index (κ3) is 4.33. The van der Waals surface area contributed by atoms with Crippen molar-refractivity contribution in [1.29, 1.82) is 0 Å². The highest BCUT2D eigenvalue weighted by atomic mass is 32.2. The highest BCUT2D eigenvalue weighted by Gasteiger charge is 2.21. The van der Waals surface area contributed by atoms with Crippen LogP contribution in [0.15, 0.2) is 52.7 Å². The first-order chi connectivity index (χ1) is 11.1. The average Bonchev–Trinajstić information content (AvgIpc) is 2.57. The Labute approximate surface area is 136 Å². The largest absolute Gasteiger partial charge is 0.261 e. The van der Waals surface area contributed by atoms with Gasteiger partial charge in [-0.15, -0.1) is 0 Å². The fourth-order valence-electron chi connectivity index (χ4n) is 1.93. The normalized spacial score (nSPS) is 12.0. The summed E-state index contributed by atoms with van der Waals surface area (Å²) in [6, 6.07) is 8.59. The second kappa shape index (κ2) is 7.80. The van der Waals surface area contributed by atoms with E-state index in [9.17, 15) is 8.42 Å². The van der Waals surface area contributed by atoms with Crippen molar-refractivity contribution >= 4 is 22.1 Å². The van der Waals surface area contributed by atoms with E-state index < -0.39 is 10.0 Å². The number of sulfonamides is 1. The summed E-state index contributed by atoms with van der Waals surface area (Å²) in [7, 11) is -3.49. The Morgan fingerprint density at radius 1 is 1.17 bits per heavy atom. The van der Waals surface area contributed by atoms with Crippen LogP contribution in [-0.4, -0.2) is 42.0 Å². The van der Waals surface area contributed by atoms with Gasteiger partial charge in [0, 0.05) is 25.5 Å². The number of pyridine rings is 2. The third-order valence-corrected chi connectivity index (χ3v) is 5.18. The van der Waals surface area contributed by atoms with Gasteiger partial charge in [-0.3, -0.25) is 10.4 Å². The molecule has 2 heterocycles. The van der Waals surface area contributed by atoms with Crippen molar-refractivity contribution < 1.29 is 8.42 Å². The maximum atomic E-state index is 12.3. The van der Waals surface area contributed by atoms with Crippen LogP contribution in [-0.2, 0) is 10.0 Å². The summed E-state index contributed by atoms with van der Waals surface area (Å²) in [5, 5.41) is 4.01. The fraction of sp³-hybridized carbons (Fsp3) is 0.267. The van der Waals surface area contributed by atoms with Gasteiger partial charge in [-0.1, -0.05) is 19.9 Å². The number of aromatic nitrogens is 2. The van der Waals surface area contributed by atoms with Gasteiger partial charge < -0.3 is 0 Å². The SMILES string of the molecule is CCN(CC)S(=O)(=O)c1ccc(N/N=C\c2ccccn2)nc1. The van der Waals surface area contributed by atoms with Crippen LogP contribution < -0.4 is 5.43 Å². The second-order valence-corrected chi connectivity index (χ2v) is 6.53. The summed E-state index contributed by atoms with van der Waals surface area (Å²) in [5.41, 5.74) is 3.45. The first kappa shape index (κ1) is 17.0.